The first kappa shape index (κ1) is 15.4. The fourth-order valence-corrected chi connectivity index (χ4v) is 2.61. The van der Waals surface area contributed by atoms with Crippen LogP contribution in [0, 0.1) is 13.8 Å². The molecule has 0 aliphatic heterocycles. The largest absolute Gasteiger partial charge is 0.497 e. The number of hydrogen-bond acceptors (Lipinski definition) is 3. The van der Waals surface area contributed by atoms with Crippen LogP contribution in [0.3, 0.4) is 0 Å². The maximum absolute atomic E-state index is 6.05. The van der Waals surface area contributed by atoms with Crippen LogP contribution < -0.4 is 15.4 Å². The standard InChI is InChI=1S/C18H24N2O/c1-13-5-6-14(2)17(11-13)18(12-19)20(3)15-7-9-16(21-4)10-8-15/h5-11,18H,12,19H2,1-4H3. The predicted octanol–water partition coefficient (Wildman–Crippen LogP) is 3.45. The van der Waals surface area contributed by atoms with E-state index in [1.807, 2.05) is 12.1 Å². The van der Waals surface area contributed by atoms with Crippen LogP contribution in [0.4, 0.5) is 5.69 Å². The van der Waals surface area contributed by atoms with Gasteiger partial charge in [-0.25, -0.2) is 0 Å². The quantitative estimate of drug-likeness (QED) is 0.914. The number of benzene rings is 2. The van der Waals surface area contributed by atoms with E-state index in [1.54, 1.807) is 7.11 Å². The van der Waals surface area contributed by atoms with Gasteiger partial charge in [0.05, 0.1) is 13.2 Å². The third-order valence-corrected chi connectivity index (χ3v) is 3.96. The molecule has 0 bridgehead atoms. The number of anilines is 1. The molecule has 2 aromatic rings. The first-order valence-corrected chi connectivity index (χ1v) is 7.21. The number of nitrogens with two attached hydrogens (primary N) is 1. The summed E-state index contributed by atoms with van der Waals surface area (Å²) in [6.45, 7) is 4.83. The first-order chi connectivity index (χ1) is 10.1. The Morgan fingerprint density at radius 1 is 1.10 bits per heavy atom. The summed E-state index contributed by atoms with van der Waals surface area (Å²) < 4.78 is 5.21. The number of nitrogens with zero attached hydrogens (tertiary/aromatic N) is 1. The highest BCUT2D eigenvalue weighted by Crippen LogP contribution is 2.28. The lowest BCUT2D eigenvalue weighted by Crippen LogP contribution is -2.31. The molecular weight excluding hydrogens is 260 g/mol. The highest BCUT2D eigenvalue weighted by Gasteiger charge is 2.18. The Hall–Kier alpha value is -2.00. The van der Waals surface area contributed by atoms with E-state index < -0.39 is 0 Å². The zero-order valence-electron chi connectivity index (χ0n) is 13.3. The van der Waals surface area contributed by atoms with Gasteiger partial charge in [0.25, 0.3) is 0 Å². The average Bonchev–Trinajstić information content (AvgIpc) is 2.51. The fourth-order valence-electron chi connectivity index (χ4n) is 2.61. The van der Waals surface area contributed by atoms with Gasteiger partial charge in [0, 0.05) is 19.3 Å². The van der Waals surface area contributed by atoms with Crippen molar-refractivity contribution in [1.29, 1.82) is 0 Å². The van der Waals surface area contributed by atoms with E-state index in [-0.39, 0.29) is 6.04 Å². The van der Waals surface area contributed by atoms with Gasteiger partial charge in [-0.3, -0.25) is 0 Å². The van der Waals surface area contributed by atoms with Gasteiger partial charge in [0.1, 0.15) is 5.75 Å². The lowest BCUT2D eigenvalue weighted by Gasteiger charge is -2.31. The number of rotatable bonds is 5. The molecule has 1 atom stereocenters. The molecule has 21 heavy (non-hydrogen) atoms. The van der Waals surface area contributed by atoms with Crippen molar-refractivity contribution in [3.8, 4) is 5.75 Å². The summed E-state index contributed by atoms with van der Waals surface area (Å²) in [5.74, 6) is 0.864. The number of methoxy groups -OCH3 is 1. The molecule has 2 N–H and O–H groups in total. The highest BCUT2D eigenvalue weighted by molar-refractivity contribution is 5.51. The summed E-state index contributed by atoms with van der Waals surface area (Å²) in [5, 5.41) is 0. The Bertz CT molecular complexity index is 593. The summed E-state index contributed by atoms with van der Waals surface area (Å²) in [6.07, 6.45) is 0. The Labute approximate surface area is 127 Å². The van der Waals surface area contributed by atoms with Crippen LogP contribution in [0.15, 0.2) is 42.5 Å². The van der Waals surface area contributed by atoms with Crippen molar-refractivity contribution in [2.45, 2.75) is 19.9 Å². The van der Waals surface area contributed by atoms with Crippen LogP contribution >= 0.6 is 0 Å². The molecule has 0 aliphatic rings. The van der Waals surface area contributed by atoms with Gasteiger partial charge in [-0.05, 0) is 49.2 Å². The molecule has 112 valence electrons. The van der Waals surface area contributed by atoms with Crippen molar-refractivity contribution >= 4 is 5.69 Å². The van der Waals surface area contributed by atoms with E-state index in [2.05, 4.69) is 56.1 Å². The van der Waals surface area contributed by atoms with Crippen molar-refractivity contribution in [1.82, 2.24) is 0 Å². The Balaban J connectivity index is 2.33. The average molecular weight is 284 g/mol. The minimum Gasteiger partial charge on any atom is -0.497 e. The van der Waals surface area contributed by atoms with Gasteiger partial charge in [-0.1, -0.05) is 23.8 Å². The molecular formula is C18H24N2O. The molecule has 0 heterocycles. The zero-order valence-corrected chi connectivity index (χ0v) is 13.3. The summed E-state index contributed by atoms with van der Waals surface area (Å²) in [7, 11) is 3.76. The molecule has 3 nitrogen and oxygen atoms in total. The third kappa shape index (κ3) is 3.37. The van der Waals surface area contributed by atoms with Crippen molar-refractivity contribution in [3.63, 3.8) is 0 Å². The van der Waals surface area contributed by atoms with Crippen LogP contribution in [0.5, 0.6) is 5.75 Å². The normalized spacial score (nSPS) is 12.0. The second kappa shape index (κ2) is 6.64. The minimum atomic E-state index is 0.165. The molecule has 2 rings (SSSR count). The molecule has 2 aromatic carbocycles. The van der Waals surface area contributed by atoms with Gasteiger partial charge < -0.3 is 15.4 Å². The lowest BCUT2D eigenvalue weighted by atomic mass is 9.97. The third-order valence-electron chi connectivity index (χ3n) is 3.96. The second-order valence-electron chi connectivity index (χ2n) is 5.42. The van der Waals surface area contributed by atoms with Crippen LogP contribution in [0.2, 0.25) is 0 Å². The van der Waals surface area contributed by atoms with Gasteiger partial charge in [0.15, 0.2) is 0 Å². The zero-order chi connectivity index (χ0) is 15.4. The summed E-state index contributed by atoms with van der Waals surface area (Å²) >= 11 is 0. The molecule has 0 aromatic heterocycles. The van der Waals surface area contributed by atoms with Crippen LogP contribution in [0.25, 0.3) is 0 Å². The van der Waals surface area contributed by atoms with E-state index in [0.717, 1.165) is 11.4 Å². The van der Waals surface area contributed by atoms with Gasteiger partial charge >= 0.3 is 0 Å². The maximum atomic E-state index is 6.05. The Morgan fingerprint density at radius 3 is 2.33 bits per heavy atom. The fraction of sp³-hybridized carbons (Fsp3) is 0.333. The Kier molecular flexibility index (Phi) is 4.86. The van der Waals surface area contributed by atoms with Crippen molar-refractivity contribution < 1.29 is 4.74 Å². The number of ether oxygens (including phenoxy) is 1. The summed E-state index contributed by atoms with van der Waals surface area (Å²) in [5.41, 5.74) is 11.0. The summed E-state index contributed by atoms with van der Waals surface area (Å²) in [4.78, 5) is 2.22. The van der Waals surface area contributed by atoms with Crippen molar-refractivity contribution in [3.05, 3.63) is 59.2 Å². The molecule has 0 saturated carbocycles. The number of likely N-dealkylation sites (N-methyl/N-ethyl adjacent to an activating group) is 1. The number of aryl methyl sites for hydroxylation is 2. The van der Waals surface area contributed by atoms with Crippen molar-refractivity contribution in [2.75, 3.05) is 25.6 Å². The van der Waals surface area contributed by atoms with Crippen molar-refractivity contribution in [2.24, 2.45) is 5.73 Å². The smallest absolute Gasteiger partial charge is 0.119 e. The lowest BCUT2D eigenvalue weighted by molar-refractivity contribution is 0.415. The SMILES string of the molecule is COc1ccc(N(C)C(CN)c2cc(C)ccc2C)cc1. The molecule has 0 amide bonds. The molecule has 3 heteroatoms. The van der Waals surface area contributed by atoms with E-state index in [9.17, 15) is 0 Å². The van der Waals surface area contributed by atoms with Gasteiger partial charge in [0.2, 0.25) is 0 Å². The maximum Gasteiger partial charge on any atom is 0.119 e. The Morgan fingerprint density at radius 2 is 1.76 bits per heavy atom. The van der Waals surface area contributed by atoms with Crippen LogP contribution in [0.1, 0.15) is 22.7 Å². The minimum absolute atomic E-state index is 0.165. The van der Waals surface area contributed by atoms with E-state index in [1.165, 1.54) is 16.7 Å². The molecule has 0 radical (unpaired) electrons. The predicted molar refractivity (Wildman–Crippen MR) is 89.1 cm³/mol. The monoisotopic (exact) mass is 284 g/mol. The molecule has 0 fully saturated rings. The molecule has 0 spiro atoms. The topological polar surface area (TPSA) is 38.5 Å². The van der Waals surface area contributed by atoms with Gasteiger partial charge in [-0.15, -0.1) is 0 Å². The van der Waals surface area contributed by atoms with E-state index >= 15 is 0 Å². The highest BCUT2D eigenvalue weighted by atomic mass is 16.5. The first-order valence-electron chi connectivity index (χ1n) is 7.21. The van der Waals surface area contributed by atoms with Gasteiger partial charge in [-0.2, -0.15) is 0 Å². The molecule has 0 aliphatic carbocycles. The number of hydrogen-bond donors (Lipinski definition) is 1. The molecule has 0 saturated heterocycles. The van der Waals surface area contributed by atoms with Crippen LogP contribution in [-0.4, -0.2) is 20.7 Å². The van der Waals surface area contributed by atoms with E-state index in [4.69, 9.17) is 10.5 Å². The second-order valence-corrected chi connectivity index (χ2v) is 5.42. The van der Waals surface area contributed by atoms with E-state index in [0.29, 0.717) is 6.54 Å². The van der Waals surface area contributed by atoms with Crippen LogP contribution in [-0.2, 0) is 0 Å². The summed E-state index contributed by atoms with van der Waals surface area (Å²) in [6, 6.07) is 14.8. The molecule has 1 unspecified atom stereocenters.